The first-order valence-corrected chi connectivity index (χ1v) is 6.27. The number of para-hydroxylation sites is 2. The number of H-pyrrole nitrogens is 1. The van der Waals surface area contributed by atoms with Gasteiger partial charge < -0.3 is 4.98 Å². The lowest BCUT2D eigenvalue weighted by Crippen LogP contribution is -1.68. The van der Waals surface area contributed by atoms with E-state index in [1.807, 2.05) is 72.7 Å². The Morgan fingerprint density at radius 2 is 1.38 bits per heavy atom. The second kappa shape index (κ2) is 11.8. The Balaban J connectivity index is 0. The molecule has 0 spiro atoms. The fourth-order valence-corrected chi connectivity index (χ4v) is 1.08. The summed E-state index contributed by atoms with van der Waals surface area (Å²) in [6, 6.07) is 8.01. The third-order valence-corrected chi connectivity index (χ3v) is 1.51. The molecule has 2 nitrogen and oxygen atoms in total. The average molecular weight is 222 g/mol. The third-order valence-electron chi connectivity index (χ3n) is 1.51. The summed E-state index contributed by atoms with van der Waals surface area (Å²) in [6.07, 6.45) is 0. The van der Waals surface area contributed by atoms with Crippen LogP contribution in [0.3, 0.4) is 0 Å². The summed E-state index contributed by atoms with van der Waals surface area (Å²) in [5.41, 5.74) is 2.15. The number of benzene rings is 1. The topological polar surface area (TPSA) is 28.7 Å². The van der Waals surface area contributed by atoms with Gasteiger partial charge in [-0.1, -0.05) is 53.7 Å². The van der Waals surface area contributed by atoms with Crippen LogP contribution in [0.15, 0.2) is 24.3 Å². The van der Waals surface area contributed by atoms with Crippen molar-refractivity contribution in [3.05, 3.63) is 30.1 Å². The molecular formula is C14H26N2. The van der Waals surface area contributed by atoms with Crippen LogP contribution in [-0.2, 0) is 0 Å². The van der Waals surface area contributed by atoms with Crippen LogP contribution >= 0.6 is 0 Å². The summed E-state index contributed by atoms with van der Waals surface area (Å²) >= 11 is 0. The number of aromatic amines is 1. The fraction of sp³-hybridized carbons (Fsp3) is 0.500. The Labute approximate surface area is 100 Å². The van der Waals surface area contributed by atoms with E-state index >= 15 is 0 Å². The van der Waals surface area contributed by atoms with E-state index in [9.17, 15) is 0 Å². The Bertz CT molecular complexity index is 317. The highest BCUT2D eigenvalue weighted by Crippen LogP contribution is 2.08. The number of hydrogen-bond donors (Lipinski definition) is 1. The van der Waals surface area contributed by atoms with Gasteiger partial charge in [-0.25, -0.2) is 4.98 Å². The maximum atomic E-state index is 4.26. The minimum atomic E-state index is 0.973. The van der Waals surface area contributed by atoms with Gasteiger partial charge in [0.1, 0.15) is 5.82 Å². The van der Waals surface area contributed by atoms with Crippen molar-refractivity contribution >= 4 is 11.0 Å². The molecule has 2 rings (SSSR count). The third kappa shape index (κ3) is 5.54. The molecule has 0 bridgehead atoms. The summed E-state index contributed by atoms with van der Waals surface area (Å²) < 4.78 is 0. The zero-order valence-electron chi connectivity index (χ0n) is 11.8. The molecular weight excluding hydrogens is 196 g/mol. The number of nitrogens with zero attached hydrogens (tertiary/aromatic N) is 1. The lowest BCUT2D eigenvalue weighted by Gasteiger charge is -1.81. The number of aromatic nitrogens is 2. The lowest BCUT2D eigenvalue weighted by molar-refractivity contribution is 1.17. The summed E-state index contributed by atoms with van der Waals surface area (Å²) in [7, 11) is 0. The minimum Gasteiger partial charge on any atom is -0.342 e. The molecule has 2 aromatic rings. The molecule has 0 unspecified atom stereocenters. The van der Waals surface area contributed by atoms with Gasteiger partial charge >= 0.3 is 0 Å². The average Bonchev–Trinajstić information content (AvgIpc) is 2.76. The highest BCUT2D eigenvalue weighted by Gasteiger charge is 1.93. The summed E-state index contributed by atoms with van der Waals surface area (Å²) in [4.78, 5) is 7.40. The number of aryl methyl sites for hydroxylation is 1. The monoisotopic (exact) mass is 222 g/mol. The fourth-order valence-electron chi connectivity index (χ4n) is 1.08. The molecule has 0 saturated heterocycles. The van der Waals surface area contributed by atoms with Crippen LogP contribution in [0.4, 0.5) is 0 Å². The van der Waals surface area contributed by atoms with Gasteiger partial charge in [-0.3, -0.25) is 0 Å². The van der Waals surface area contributed by atoms with Crippen molar-refractivity contribution in [2.75, 3.05) is 0 Å². The second-order valence-electron chi connectivity index (χ2n) is 2.34. The van der Waals surface area contributed by atoms with Crippen LogP contribution in [0.1, 0.15) is 47.4 Å². The Morgan fingerprint density at radius 3 is 1.88 bits per heavy atom. The molecule has 1 N–H and O–H groups in total. The van der Waals surface area contributed by atoms with Gasteiger partial charge in [0.05, 0.1) is 11.0 Å². The van der Waals surface area contributed by atoms with E-state index in [4.69, 9.17) is 0 Å². The number of hydrogen-bond acceptors (Lipinski definition) is 1. The summed E-state index contributed by atoms with van der Waals surface area (Å²) in [6.45, 7) is 14.0. The number of fused-ring (bicyclic) bond motifs is 1. The van der Waals surface area contributed by atoms with Crippen molar-refractivity contribution in [3.63, 3.8) is 0 Å². The molecule has 0 aliphatic carbocycles. The maximum Gasteiger partial charge on any atom is 0.104 e. The maximum absolute atomic E-state index is 4.26. The highest BCUT2D eigenvalue weighted by molar-refractivity contribution is 5.74. The lowest BCUT2D eigenvalue weighted by atomic mass is 10.3. The predicted octanol–water partition coefficient (Wildman–Crippen LogP) is 4.95. The van der Waals surface area contributed by atoms with Crippen molar-refractivity contribution in [3.8, 4) is 0 Å². The first-order valence-electron chi connectivity index (χ1n) is 6.27. The summed E-state index contributed by atoms with van der Waals surface area (Å²) in [5, 5.41) is 0. The van der Waals surface area contributed by atoms with Gasteiger partial charge in [0.15, 0.2) is 0 Å². The molecule has 0 radical (unpaired) electrons. The van der Waals surface area contributed by atoms with Gasteiger partial charge in [-0.2, -0.15) is 0 Å². The quantitative estimate of drug-likeness (QED) is 0.671. The van der Waals surface area contributed by atoms with Gasteiger partial charge in [0, 0.05) is 0 Å². The van der Waals surface area contributed by atoms with Crippen molar-refractivity contribution < 1.29 is 0 Å². The predicted molar refractivity (Wildman–Crippen MR) is 74.9 cm³/mol. The Kier molecular flexibility index (Phi) is 12.6. The molecule has 0 saturated carbocycles. The van der Waals surface area contributed by atoms with Gasteiger partial charge in [0.25, 0.3) is 0 Å². The number of nitrogens with one attached hydrogen (secondary N) is 1. The van der Waals surface area contributed by atoms with Crippen LogP contribution in [0, 0.1) is 6.92 Å². The van der Waals surface area contributed by atoms with Crippen LogP contribution in [0.25, 0.3) is 11.0 Å². The van der Waals surface area contributed by atoms with Crippen LogP contribution in [0.5, 0.6) is 0 Å². The largest absolute Gasteiger partial charge is 0.342 e. The summed E-state index contributed by atoms with van der Waals surface area (Å²) in [5.74, 6) is 0.973. The number of rotatable bonds is 0. The van der Waals surface area contributed by atoms with Crippen molar-refractivity contribution in [2.24, 2.45) is 0 Å². The van der Waals surface area contributed by atoms with E-state index in [2.05, 4.69) is 9.97 Å². The highest BCUT2D eigenvalue weighted by atomic mass is 14.9. The van der Waals surface area contributed by atoms with E-state index in [1.165, 1.54) is 0 Å². The molecule has 1 aromatic heterocycles. The van der Waals surface area contributed by atoms with Gasteiger partial charge in [-0.15, -0.1) is 0 Å². The first kappa shape index (κ1) is 17.1. The molecule has 0 amide bonds. The van der Waals surface area contributed by atoms with Crippen LogP contribution in [0.2, 0.25) is 0 Å². The van der Waals surface area contributed by atoms with E-state index in [1.54, 1.807) is 0 Å². The normalized spacial score (nSPS) is 7.69. The van der Waals surface area contributed by atoms with E-state index in [0.717, 1.165) is 16.9 Å². The van der Waals surface area contributed by atoms with Crippen molar-refractivity contribution in [2.45, 2.75) is 48.5 Å². The van der Waals surface area contributed by atoms with Crippen LogP contribution in [-0.4, -0.2) is 9.97 Å². The second-order valence-corrected chi connectivity index (χ2v) is 2.34. The van der Waals surface area contributed by atoms with Crippen molar-refractivity contribution in [1.29, 1.82) is 0 Å². The van der Waals surface area contributed by atoms with E-state index < -0.39 is 0 Å². The smallest absolute Gasteiger partial charge is 0.104 e. The molecule has 0 aliphatic heterocycles. The first-order chi connectivity index (χ1) is 7.86. The molecule has 1 heterocycles. The van der Waals surface area contributed by atoms with Gasteiger partial charge in [-0.05, 0) is 19.1 Å². The molecule has 92 valence electrons. The standard InChI is InChI=1S/C8H8N2.3C2H6/c1-6-9-7-4-2-3-5-8(7)10-6;3*1-2/h2-5H,1H3,(H,9,10);3*1-2H3. The number of imidazole rings is 1. The zero-order valence-corrected chi connectivity index (χ0v) is 11.8. The van der Waals surface area contributed by atoms with Gasteiger partial charge in [0.2, 0.25) is 0 Å². The molecule has 16 heavy (non-hydrogen) atoms. The molecule has 2 heteroatoms. The minimum absolute atomic E-state index is 0.973. The SMILES string of the molecule is CC.CC.CC.Cc1nc2ccccc2[nH]1. The Morgan fingerprint density at radius 1 is 0.875 bits per heavy atom. The van der Waals surface area contributed by atoms with E-state index in [-0.39, 0.29) is 0 Å². The molecule has 0 aliphatic rings. The molecule has 0 atom stereocenters. The van der Waals surface area contributed by atoms with Crippen LogP contribution < -0.4 is 0 Å². The van der Waals surface area contributed by atoms with E-state index in [0.29, 0.717) is 0 Å². The Hall–Kier alpha value is -1.31. The molecule has 1 aromatic carbocycles. The van der Waals surface area contributed by atoms with Crippen molar-refractivity contribution in [1.82, 2.24) is 9.97 Å². The molecule has 0 fully saturated rings. The zero-order chi connectivity index (χ0) is 13.0.